The van der Waals surface area contributed by atoms with E-state index in [1.807, 2.05) is 6.07 Å². The molecule has 0 bridgehead atoms. The molecule has 8 heteroatoms. The number of amidine groups is 1. The maximum atomic E-state index is 8.92. The van der Waals surface area contributed by atoms with Crippen molar-refractivity contribution in [2.45, 2.75) is 6.54 Å². The van der Waals surface area contributed by atoms with Gasteiger partial charge in [-0.25, -0.2) is 0 Å². The molecule has 20 heavy (non-hydrogen) atoms. The van der Waals surface area contributed by atoms with Crippen molar-refractivity contribution in [3.8, 4) is 6.07 Å². The first kappa shape index (κ1) is 13.5. The number of nitrogens with zero attached hydrogens (tertiary/aromatic N) is 4. The number of aromatic nitrogens is 2. The van der Waals surface area contributed by atoms with Crippen LogP contribution >= 0.6 is 0 Å². The summed E-state index contributed by atoms with van der Waals surface area (Å²) in [5.74, 6) is -0.392. The largest absolute Gasteiger partial charge is 0.394 e. The van der Waals surface area contributed by atoms with Gasteiger partial charge < -0.3 is 10.8 Å². The Kier molecular flexibility index (Phi) is 3.93. The summed E-state index contributed by atoms with van der Waals surface area (Å²) in [6, 6.07) is 7.11. The number of nitrogens with one attached hydrogen (secondary N) is 2. The molecular weight excluding hydrogens is 258 g/mol. The highest BCUT2D eigenvalue weighted by Crippen LogP contribution is 2.18. The van der Waals surface area contributed by atoms with Crippen LogP contribution in [0.15, 0.2) is 29.5 Å². The van der Waals surface area contributed by atoms with Gasteiger partial charge in [0, 0.05) is 5.39 Å². The third-order valence-electron chi connectivity index (χ3n) is 2.61. The minimum atomic E-state index is -0.392. The molecule has 2 aromatic rings. The van der Waals surface area contributed by atoms with Gasteiger partial charge in [0.25, 0.3) is 0 Å². The fourth-order valence-corrected chi connectivity index (χ4v) is 1.70. The van der Waals surface area contributed by atoms with Crippen LogP contribution in [0.2, 0.25) is 0 Å². The molecule has 0 unspecified atom stereocenters. The second kappa shape index (κ2) is 5.81. The van der Waals surface area contributed by atoms with Crippen molar-refractivity contribution in [3.63, 3.8) is 0 Å². The molecule has 1 aromatic heterocycles. The first-order valence-corrected chi connectivity index (χ1v) is 5.80. The molecule has 102 valence electrons. The molecule has 1 heterocycles. The Morgan fingerprint density at radius 2 is 2.40 bits per heavy atom. The van der Waals surface area contributed by atoms with Crippen molar-refractivity contribution in [1.82, 2.24) is 9.78 Å². The Bertz CT molecular complexity index is 710. The molecule has 0 fully saturated rings. The van der Waals surface area contributed by atoms with E-state index < -0.39 is 5.84 Å². The first-order valence-electron chi connectivity index (χ1n) is 5.80. The fourth-order valence-electron chi connectivity index (χ4n) is 1.70. The average Bonchev–Trinajstić information content (AvgIpc) is 2.82. The third kappa shape index (κ3) is 2.73. The zero-order chi connectivity index (χ0) is 14.5. The van der Waals surface area contributed by atoms with Crippen LogP contribution in [0.1, 0.15) is 0 Å². The third-order valence-corrected chi connectivity index (χ3v) is 2.61. The lowest BCUT2D eigenvalue weighted by Gasteiger charge is -2.03. The number of hydrogen-bond donors (Lipinski definition) is 4. The zero-order valence-electron chi connectivity index (χ0n) is 10.5. The van der Waals surface area contributed by atoms with Crippen LogP contribution in [0.5, 0.6) is 0 Å². The molecule has 0 amide bonds. The number of nitriles is 1. The van der Waals surface area contributed by atoms with Crippen molar-refractivity contribution in [1.29, 1.82) is 10.7 Å². The molecule has 0 aliphatic rings. The topological polar surface area (TPSA) is 136 Å². The average molecular weight is 271 g/mol. The molecular formula is C12H13N7O. The van der Waals surface area contributed by atoms with Crippen molar-refractivity contribution >= 4 is 28.1 Å². The molecule has 5 N–H and O–H groups in total. The van der Waals surface area contributed by atoms with E-state index in [4.69, 9.17) is 21.5 Å². The van der Waals surface area contributed by atoms with E-state index in [1.54, 1.807) is 29.1 Å². The smallest absolute Gasteiger partial charge is 0.201 e. The summed E-state index contributed by atoms with van der Waals surface area (Å²) in [6.07, 6.45) is 1.68. The first-order chi connectivity index (χ1) is 9.65. The summed E-state index contributed by atoms with van der Waals surface area (Å²) in [7, 11) is 0. The summed E-state index contributed by atoms with van der Waals surface area (Å²) < 4.78 is 1.69. The summed E-state index contributed by atoms with van der Waals surface area (Å²) in [5.41, 5.74) is 9.22. The predicted molar refractivity (Wildman–Crippen MR) is 75.4 cm³/mol. The number of hydrazone groups is 1. The van der Waals surface area contributed by atoms with Crippen LogP contribution in [-0.4, -0.2) is 33.0 Å². The van der Waals surface area contributed by atoms with E-state index >= 15 is 0 Å². The molecule has 0 spiro atoms. The summed E-state index contributed by atoms with van der Waals surface area (Å²) in [6.45, 7) is 0.447. The van der Waals surface area contributed by atoms with E-state index in [0.29, 0.717) is 12.2 Å². The Morgan fingerprint density at radius 3 is 3.05 bits per heavy atom. The van der Waals surface area contributed by atoms with Crippen molar-refractivity contribution in [2.24, 2.45) is 10.8 Å². The summed E-state index contributed by atoms with van der Waals surface area (Å²) >= 11 is 0. The van der Waals surface area contributed by atoms with Gasteiger partial charge >= 0.3 is 0 Å². The second-order valence-electron chi connectivity index (χ2n) is 3.96. The molecule has 2 rings (SSSR count). The van der Waals surface area contributed by atoms with Crippen LogP contribution in [0.4, 0.5) is 5.69 Å². The van der Waals surface area contributed by atoms with Gasteiger partial charge in [-0.1, -0.05) is 0 Å². The molecule has 0 aliphatic carbocycles. The van der Waals surface area contributed by atoms with Crippen molar-refractivity contribution in [3.05, 3.63) is 24.4 Å². The van der Waals surface area contributed by atoms with Gasteiger partial charge in [-0.3, -0.25) is 15.5 Å². The molecule has 0 aliphatic heterocycles. The number of anilines is 1. The Hall–Kier alpha value is -2.92. The minimum absolute atomic E-state index is 0.0191. The van der Waals surface area contributed by atoms with Crippen molar-refractivity contribution < 1.29 is 5.11 Å². The Labute approximate surface area is 114 Å². The predicted octanol–water partition coefficient (Wildman–Crippen LogP) is 0.256. The number of rotatable bonds is 5. The maximum Gasteiger partial charge on any atom is 0.201 e. The number of fused-ring (bicyclic) bond motifs is 1. The van der Waals surface area contributed by atoms with E-state index in [2.05, 4.69) is 15.6 Å². The highest BCUT2D eigenvalue weighted by Gasteiger charge is 2.04. The van der Waals surface area contributed by atoms with E-state index in [-0.39, 0.29) is 12.3 Å². The second-order valence-corrected chi connectivity index (χ2v) is 3.96. The molecule has 0 saturated carbocycles. The highest BCUT2D eigenvalue weighted by molar-refractivity contribution is 6.45. The van der Waals surface area contributed by atoms with E-state index in [0.717, 1.165) is 10.9 Å². The van der Waals surface area contributed by atoms with Crippen LogP contribution < -0.4 is 11.2 Å². The molecule has 0 radical (unpaired) electrons. The molecule has 1 aromatic carbocycles. The highest BCUT2D eigenvalue weighted by atomic mass is 16.3. The fraction of sp³-hybridized carbons (Fsp3) is 0.167. The Morgan fingerprint density at radius 1 is 1.60 bits per heavy atom. The molecule has 0 saturated heterocycles. The van der Waals surface area contributed by atoms with E-state index in [9.17, 15) is 0 Å². The maximum absolute atomic E-state index is 8.92. The standard InChI is InChI=1S/C12H13N7O/c13-6-10(12(14)15)18-17-9-1-2-11-8(5-9)7-16-19(11)3-4-20/h1-2,5,7,17,20H,3-4H2,(H3,14,15)/b18-10+. The van der Waals surface area contributed by atoms with E-state index in [1.165, 1.54) is 0 Å². The van der Waals surface area contributed by atoms with Gasteiger partial charge in [-0.2, -0.15) is 15.5 Å². The quantitative estimate of drug-likeness (QED) is 0.351. The van der Waals surface area contributed by atoms with Gasteiger partial charge in [-0.05, 0) is 18.2 Å². The SMILES string of the molecule is N#C/C(=N\Nc1ccc2c(cnn2CCO)c1)C(=N)N. The molecule has 8 nitrogen and oxygen atoms in total. The van der Waals surface area contributed by atoms with Gasteiger partial charge in [0.05, 0.1) is 30.6 Å². The zero-order valence-corrected chi connectivity index (χ0v) is 10.5. The number of nitrogens with two attached hydrogens (primary N) is 1. The molecule has 0 atom stereocenters. The van der Waals surface area contributed by atoms with Gasteiger partial charge in [0.15, 0.2) is 5.84 Å². The summed E-state index contributed by atoms with van der Waals surface area (Å²) in [4.78, 5) is 0. The number of benzene rings is 1. The lowest BCUT2D eigenvalue weighted by Crippen LogP contribution is -2.21. The minimum Gasteiger partial charge on any atom is -0.394 e. The lowest BCUT2D eigenvalue weighted by molar-refractivity contribution is 0.271. The number of aliphatic hydroxyl groups excluding tert-OH is 1. The normalized spacial score (nSPS) is 11.3. The number of hydrogen-bond acceptors (Lipinski definition) is 6. The summed E-state index contributed by atoms with van der Waals surface area (Å²) in [5, 5.41) is 33.6. The van der Waals surface area contributed by atoms with Crippen LogP contribution in [0.3, 0.4) is 0 Å². The monoisotopic (exact) mass is 271 g/mol. The Balaban J connectivity index is 2.25. The van der Waals surface area contributed by atoms with Crippen LogP contribution in [-0.2, 0) is 6.54 Å². The van der Waals surface area contributed by atoms with Crippen LogP contribution in [0, 0.1) is 16.7 Å². The van der Waals surface area contributed by atoms with Crippen LogP contribution in [0.25, 0.3) is 10.9 Å². The lowest BCUT2D eigenvalue weighted by atomic mass is 10.2. The number of aliphatic hydroxyl groups is 1. The van der Waals surface area contributed by atoms with Gasteiger partial charge in [-0.15, -0.1) is 0 Å². The van der Waals surface area contributed by atoms with Crippen molar-refractivity contribution in [2.75, 3.05) is 12.0 Å². The van der Waals surface area contributed by atoms with Gasteiger partial charge in [0.2, 0.25) is 5.71 Å². The van der Waals surface area contributed by atoms with Gasteiger partial charge in [0.1, 0.15) is 6.07 Å².